The van der Waals surface area contributed by atoms with E-state index in [1.165, 1.54) is 5.56 Å². The molecule has 0 unspecified atom stereocenters. The molecule has 0 radical (unpaired) electrons. The summed E-state index contributed by atoms with van der Waals surface area (Å²) in [4.78, 5) is 23.8. The first-order valence-corrected chi connectivity index (χ1v) is 8.64. The van der Waals surface area contributed by atoms with Crippen LogP contribution < -0.4 is 15.5 Å². The average molecular weight is 367 g/mol. The summed E-state index contributed by atoms with van der Waals surface area (Å²) in [6.07, 6.45) is 1.22. The highest BCUT2D eigenvalue weighted by Gasteiger charge is 2.12. The molecule has 0 saturated carbocycles. The summed E-state index contributed by atoms with van der Waals surface area (Å²) in [5.41, 5.74) is 5.09. The van der Waals surface area contributed by atoms with E-state index in [0.29, 0.717) is 11.4 Å². The maximum atomic E-state index is 11.9. The predicted octanol–water partition coefficient (Wildman–Crippen LogP) is 3.47. The van der Waals surface area contributed by atoms with Gasteiger partial charge in [0.1, 0.15) is 12.2 Å². The molecule has 2 amide bonds. The summed E-state index contributed by atoms with van der Waals surface area (Å²) in [7, 11) is 1.54. The number of methoxy groups -OCH3 is 1. The van der Waals surface area contributed by atoms with Crippen molar-refractivity contribution in [2.24, 2.45) is 5.10 Å². The molecule has 2 N–H and O–H groups in total. The normalized spacial score (nSPS) is 11.3. The molecule has 0 atom stereocenters. The van der Waals surface area contributed by atoms with E-state index < -0.39 is 11.8 Å². The topological polar surface area (TPSA) is 79.8 Å². The van der Waals surface area contributed by atoms with Gasteiger partial charge >= 0.3 is 0 Å². The van der Waals surface area contributed by atoms with Crippen LogP contribution in [0, 0.1) is 0 Å². The van der Waals surface area contributed by atoms with Crippen LogP contribution in [-0.4, -0.2) is 25.1 Å². The second-order valence-electron chi connectivity index (χ2n) is 7.12. The zero-order chi connectivity index (χ0) is 19.9. The number of ether oxygens (including phenoxy) is 1. The molecule has 2 rings (SSSR count). The Labute approximate surface area is 159 Å². The summed E-state index contributed by atoms with van der Waals surface area (Å²) in [5.74, 6) is -0.289. The highest BCUT2D eigenvalue weighted by Crippen LogP contribution is 2.21. The van der Waals surface area contributed by atoms with Crippen molar-refractivity contribution in [3.8, 4) is 5.75 Å². The number of nitrogens with one attached hydrogen (secondary N) is 2. The number of anilines is 1. The van der Waals surface area contributed by atoms with Gasteiger partial charge in [0.05, 0.1) is 13.3 Å². The summed E-state index contributed by atoms with van der Waals surface area (Å²) < 4.78 is 5.09. The van der Waals surface area contributed by atoms with E-state index in [1.807, 2.05) is 24.3 Å². The fourth-order valence-electron chi connectivity index (χ4n) is 2.34. The number of carbonyl (C=O) groups excluding carboxylic acids is 2. The lowest BCUT2D eigenvalue weighted by atomic mass is 9.87. The summed E-state index contributed by atoms with van der Waals surface area (Å²) >= 11 is 0. The zero-order valence-corrected chi connectivity index (χ0v) is 16.1. The van der Waals surface area contributed by atoms with Crippen LogP contribution in [0.3, 0.4) is 0 Å². The molecule has 0 heterocycles. The molecule has 0 fully saturated rings. The Morgan fingerprint density at radius 1 is 1.07 bits per heavy atom. The third kappa shape index (κ3) is 6.58. The van der Waals surface area contributed by atoms with Crippen molar-refractivity contribution in [2.45, 2.75) is 32.6 Å². The number of rotatable bonds is 6. The van der Waals surface area contributed by atoms with Crippen LogP contribution in [0.25, 0.3) is 0 Å². The standard InChI is InChI=1S/C21H25N3O3/c1-21(2,3)16-10-8-15(9-11-16)14-22-24-20(26)13-19(25)23-17-6-5-7-18(12-17)27-4/h5-12,14H,13H2,1-4H3,(H,23,25)(H,24,26). The lowest BCUT2D eigenvalue weighted by Gasteiger charge is -2.18. The molecular weight excluding hydrogens is 342 g/mol. The van der Waals surface area contributed by atoms with Crippen LogP contribution >= 0.6 is 0 Å². The molecule has 142 valence electrons. The van der Waals surface area contributed by atoms with Crippen molar-refractivity contribution in [2.75, 3.05) is 12.4 Å². The fraction of sp³-hybridized carbons (Fsp3) is 0.286. The minimum atomic E-state index is -0.488. The smallest absolute Gasteiger partial charge is 0.249 e. The van der Waals surface area contributed by atoms with Crippen LogP contribution in [0.4, 0.5) is 5.69 Å². The second-order valence-corrected chi connectivity index (χ2v) is 7.12. The highest BCUT2D eigenvalue weighted by atomic mass is 16.5. The van der Waals surface area contributed by atoms with Gasteiger partial charge < -0.3 is 10.1 Å². The molecule has 0 saturated heterocycles. The largest absolute Gasteiger partial charge is 0.497 e. The number of amides is 2. The molecule has 6 heteroatoms. The highest BCUT2D eigenvalue weighted by molar-refractivity contribution is 6.03. The van der Waals surface area contributed by atoms with Crippen LogP contribution in [-0.2, 0) is 15.0 Å². The van der Waals surface area contributed by atoms with E-state index in [4.69, 9.17) is 4.74 Å². The first kappa shape index (κ1) is 20.2. The molecule has 0 aliphatic rings. The van der Waals surface area contributed by atoms with E-state index >= 15 is 0 Å². The lowest BCUT2D eigenvalue weighted by Crippen LogP contribution is -2.24. The minimum Gasteiger partial charge on any atom is -0.497 e. The van der Waals surface area contributed by atoms with Gasteiger partial charge in [0.2, 0.25) is 11.8 Å². The first-order valence-electron chi connectivity index (χ1n) is 8.64. The Morgan fingerprint density at radius 2 is 1.78 bits per heavy atom. The van der Waals surface area contributed by atoms with Gasteiger partial charge in [-0.3, -0.25) is 9.59 Å². The third-order valence-electron chi connectivity index (χ3n) is 3.85. The second kappa shape index (κ2) is 8.98. The van der Waals surface area contributed by atoms with Gasteiger partial charge in [0.25, 0.3) is 0 Å². The van der Waals surface area contributed by atoms with Crippen molar-refractivity contribution < 1.29 is 14.3 Å². The number of carbonyl (C=O) groups is 2. The summed E-state index contributed by atoms with van der Waals surface area (Å²) in [6, 6.07) is 14.9. The Kier molecular flexibility index (Phi) is 6.71. The van der Waals surface area contributed by atoms with Crippen molar-refractivity contribution >= 4 is 23.7 Å². The predicted molar refractivity (Wildman–Crippen MR) is 107 cm³/mol. The van der Waals surface area contributed by atoms with Gasteiger partial charge in [-0.1, -0.05) is 51.1 Å². The molecule has 2 aromatic carbocycles. The van der Waals surface area contributed by atoms with Crippen LogP contribution in [0.1, 0.15) is 38.3 Å². The monoisotopic (exact) mass is 367 g/mol. The lowest BCUT2D eigenvalue weighted by molar-refractivity contribution is -0.126. The SMILES string of the molecule is COc1cccc(NC(=O)CC(=O)NN=Cc2ccc(C(C)(C)C)cc2)c1. The maximum absolute atomic E-state index is 11.9. The van der Waals surface area contributed by atoms with Crippen molar-refractivity contribution in [1.82, 2.24) is 5.43 Å². The molecule has 27 heavy (non-hydrogen) atoms. The Balaban J connectivity index is 1.82. The van der Waals surface area contributed by atoms with Gasteiger partial charge in [0.15, 0.2) is 0 Å². The van der Waals surface area contributed by atoms with Gasteiger partial charge in [-0.2, -0.15) is 5.10 Å². The number of hydrogen-bond donors (Lipinski definition) is 2. The Morgan fingerprint density at radius 3 is 2.41 bits per heavy atom. The van der Waals surface area contributed by atoms with Crippen LogP contribution in [0.2, 0.25) is 0 Å². The van der Waals surface area contributed by atoms with E-state index in [0.717, 1.165) is 5.56 Å². The fourth-order valence-corrected chi connectivity index (χ4v) is 2.34. The number of hydrogen-bond acceptors (Lipinski definition) is 4. The van der Waals surface area contributed by atoms with E-state index in [2.05, 4.69) is 36.6 Å². The van der Waals surface area contributed by atoms with E-state index in [1.54, 1.807) is 37.6 Å². The molecule has 0 aliphatic carbocycles. The van der Waals surface area contributed by atoms with Gasteiger partial charge in [-0.05, 0) is 28.7 Å². The zero-order valence-electron chi connectivity index (χ0n) is 16.1. The number of hydrazone groups is 1. The van der Waals surface area contributed by atoms with Crippen molar-refractivity contribution in [1.29, 1.82) is 0 Å². The Bertz CT molecular complexity index is 821. The third-order valence-corrected chi connectivity index (χ3v) is 3.85. The Hall–Kier alpha value is -3.15. The van der Waals surface area contributed by atoms with Crippen molar-refractivity contribution in [3.63, 3.8) is 0 Å². The van der Waals surface area contributed by atoms with Gasteiger partial charge in [-0.15, -0.1) is 0 Å². The molecule has 0 aliphatic heterocycles. The van der Waals surface area contributed by atoms with E-state index in [9.17, 15) is 9.59 Å². The van der Waals surface area contributed by atoms with Crippen molar-refractivity contribution in [3.05, 3.63) is 59.7 Å². The average Bonchev–Trinajstić information content (AvgIpc) is 2.61. The number of benzene rings is 2. The molecular formula is C21H25N3O3. The van der Waals surface area contributed by atoms with Crippen LogP contribution in [0.15, 0.2) is 53.6 Å². The van der Waals surface area contributed by atoms with Crippen LogP contribution in [0.5, 0.6) is 5.75 Å². The quantitative estimate of drug-likeness (QED) is 0.466. The minimum absolute atomic E-state index is 0.0834. The maximum Gasteiger partial charge on any atom is 0.249 e. The first-order chi connectivity index (χ1) is 12.8. The summed E-state index contributed by atoms with van der Waals surface area (Å²) in [6.45, 7) is 6.44. The molecule has 6 nitrogen and oxygen atoms in total. The molecule has 2 aromatic rings. The molecule has 0 spiro atoms. The van der Waals surface area contributed by atoms with Gasteiger partial charge in [-0.25, -0.2) is 5.43 Å². The molecule has 0 bridgehead atoms. The number of nitrogens with zero attached hydrogens (tertiary/aromatic N) is 1. The van der Waals surface area contributed by atoms with E-state index in [-0.39, 0.29) is 11.8 Å². The summed E-state index contributed by atoms with van der Waals surface area (Å²) in [5, 5.41) is 6.54. The van der Waals surface area contributed by atoms with Gasteiger partial charge in [0, 0.05) is 11.8 Å². The molecule has 0 aromatic heterocycles.